The monoisotopic (exact) mass is 784 g/mol. The summed E-state index contributed by atoms with van der Waals surface area (Å²) >= 11 is 0. The number of nitrogens with one attached hydrogen (secondary N) is 4. The van der Waals surface area contributed by atoms with Gasteiger partial charge in [0.1, 0.15) is 18.1 Å². The summed E-state index contributed by atoms with van der Waals surface area (Å²) in [4.78, 5) is 96.9. The van der Waals surface area contributed by atoms with E-state index >= 15 is 0 Å². The standard InChI is InChI=1S/C42H56N8O7/c43-38(54)33-15-7-8-22-46-40(56)34(25-28-16-18-30(19-17-28)37(53)29-12-5-2-6-13-29)50-41(57)35(24-27-10-3-1-4-11-27)49-39(55)31(14-9-23-47-42(44)45)26-32(51)20-21-36(52)48-33/h2,5-6,12-13,16-21,27,31,33-35H,1,3-4,7-11,14-15,22-26H2,(H2,43,54)(H,46,56)(H,48,52)(H,49,55)(H,50,57)(H4,44,45,47). The molecular formula is C42H56N8O7. The van der Waals surface area contributed by atoms with Crippen LogP contribution in [0.2, 0.25) is 0 Å². The smallest absolute Gasteiger partial charge is 0.244 e. The number of aliphatic imine (C=N–C) groups is 1. The van der Waals surface area contributed by atoms with Crippen molar-refractivity contribution in [3.8, 4) is 0 Å². The van der Waals surface area contributed by atoms with Crippen molar-refractivity contribution < 1.29 is 33.6 Å². The molecule has 57 heavy (non-hydrogen) atoms. The highest BCUT2D eigenvalue weighted by Gasteiger charge is 2.32. The fourth-order valence-corrected chi connectivity index (χ4v) is 7.21. The minimum absolute atomic E-state index is 0.0888. The number of rotatable bonds is 11. The third kappa shape index (κ3) is 15.0. The molecular weight excluding hydrogens is 729 g/mol. The van der Waals surface area contributed by atoms with Crippen LogP contribution in [0.1, 0.15) is 98.5 Å². The van der Waals surface area contributed by atoms with Gasteiger partial charge >= 0.3 is 0 Å². The first-order valence-corrected chi connectivity index (χ1v) is 19.8. The van der Waals surface area contributed by atoms with Crippen molar-refractivity contribution in [2.24, 2.45) is 34.0 Å². The van der Waals surface area contributed by atoms with Crippen LogP contribution in [0.5, 0.6) is 0 Å². The lowest BCUT2D eigenvalue weighted by atomic mass is 9.84. The van der Waals surface area contributed by atoms with Crippen LogP contribution in [0.25, 0.3) is 0 Å². The van der Waals surface area contributed by atoms with Crippen LogP contribution in [-0.4, -0.2) is 78.3 Å². The average Bonchev–Trinajstić information content (AvgIpc) is 3.20. The van der Waals surface area contributed by atoms with Crippen LogP contribution in [0.15, 0.2) is 71.7 Å². The number of nitrogens with two attached hydrogens (primary N) is 3. The van der Waals surface area contributed by atoms with Gasteiger partial charge in [0.25, 0.3) is 0 Å². The predicted octanol–water partition coefficient (Wildman–Crippen LogP) is 1.86. The Kier molecular flexibility index (Phi) is 17.4. The highest BCUT2D eigenvalue weighted by Crippen LogP contribution is 2.28. The lowest BCUT2D eigenvalue weighted by Gasteiger charge is -2.29. The molecule has 15 heteroatoms. The first-order valence-electron chi connectivity index (χ1n) is 19.8. The molecule has 4 unspecified atom stereocenters. The second-order valence-electron chi connectivity index (χ2n) is 14.9. The molecule has 10 N–H and O–H groups in total. The number of guanidine groups is 1. The zero-order valence-corrected chi connectivity index (χ0v) is 32.4. The molecule has 2 aromatic carbocycles. The van der Waals surface area contributed by atoms with E-state index in [4.69, 9.17) is 17.2 Å². The first-order chi connectivity index (χ1) is 27.4. The summed E-state index contributed by atoms with van der Waals surface area (Å²) in [7, 11) is 0. The van der Waals surface area contributed by atoms with Crippen LogP contribution in [-0.2, 0) is 35.2 Å². The number of hydrogen-bond donors (Lipinski definition) is 7. The maximum atomic E-state index is 14.2. The molecule has 0 aromatic heterocycles. The number of amides is 5. The molecule has 1 heterocycles. The summed E-state index contributed by atoms with van der Waals surface area (Å²) in [5.41, 5.74) is 18.2. The molecule has 1 fully saturated rings. The van der Waals surface area contributed by atoms with Crippen molar-refractivity contribution in [2.45, 2.75) is 102 Å². The number of benzene rings is 2. The van der Waals surface area contributed by atoms with E-state index in [0.717, 1.165) is 44.3 Å². The number of hydrogen-bond acceptors (Lipinski definition) is 8. The van der Waals surface area contributed by atoms with Gasteiger partial charge in [0.05, 0.1) is 0 Å². The summed E-state index contributed by atoms with van der Waals surface area (Å²) in [6, 6.07) is 12.6. The maximum Gasteiger partial charge on any atom is 0.244 e. The highest BCUT2D eigenvalue weighted by molar-refractivity contribution is 6.09. The van der Waals surface area contributed by atoms with Gasteiger partial charge in [-0.3, -0.25) is 38.6 Å². The average molecular weight is 785 g/mol. The molecule has 1 aliphatic heterocycles. The Morgan fingerprint density at radius 3 is 2.05 bits per heavy atom. The van der Waals surface area contributed by atoms with Crippen LogP contribution in [0.4, 0.5) is 0 Å². The third-order valence-electron chi connectivity index (χ3n) is 10.4. The highest BCUT2D eigenvalue weighted by atomic mass is 16.2. The van der Waals surface area contributed by atoms with Crippen molar-refractivity contribution >= 4 is 47.1 Å². The van der Waals surface area contributed by atoms with Crippen molar-refractivity contribution in [2.75, 3.05) is 13.1 Å². The van der Waals surface area contributed by atoms with Crippen molar-refractivity contribution in [3.05, 3.63) is 83.4 Å². The molecule has 0 saturated heterocycles. The zero-order valence-electron chi connectivity index (χ0n) is 32.4. The van der Waals surface area contributed by atoms with E-state index in [1.54, 1.807) is 48.5 Å². The molecule has 2 aromatic rings. The quantitative estimate of drug-likeness (QED) is 0.0758. The normalized spacial score (nSPS) is 22.3. The third-order valence-corrected chi connectivity index (χ3v) is 10.4. The summed E-state index contributed by atoms with van der Waals surface area (Å²) in [6.07, 6.45) is 8.68. The maximum absolute atomic E-state index is 14.2. The first kappa shape index (κ1) is 43.9. The van der Waals surface area contributed by atoms with Crippen molar-refractivity contribution in [3.63, 3.8) is 0 Å². The molecule has 306 valence electrons. The number of primary amides is 1. The topological polar surface area (TPSA) is 258 Å². The Balaban J connectivity index is 1.62. The molecule has 0 radical (unpaired) electrons. The second kappa shape index (κ2) is 22.6. The summed E-state index contributed by atoms with van der Waals surface area (Å²) in [6.45, 7) is 0.407. The number of carbonyl (C=O) groups is 7. The van der Waals surface area contributed by atoms with Gasteiger partial charge in [-0.15, -0.1) is 0 Å². The van der Waals surface area contributed by atoms with Gasteiger partial charge in [0, 0.05) is 49.1 Å². The van der Waals surface area contributed by atoms with Gasteiger partial charge in [-0.25, -0.2) is 0 Å². The minimum atomic E-state index is -1.05. The van der Waals surface area contributed by atoms with Crippen molar-refractivity contribution in [1.29, 1.82) is 0 Å². The lowest BCUT2D eigenvalue weighted by Crippen LogP contribution is -2.55. The summed E-state index contributed by atoms with van der Waals surface area (Å²) in [5.74, 6) is -4.51. The fraction of sp³-hybridized carbons (Fsp3) is 0.476. The van der Waals surface area contributed by atoms with E-state index in [9.17, 15) is 33.6 Å². The van der Waals surface area contributed by atoms with E-state index < -0.39 is 59.4 Å². The van der Waals surface area contributed by atoms with Gasteiger partial charge in [0.2, 0.25) is 29.5 Å². The van der Waals surface area contributed by atoms with Crippen LogP contribution >= 0.6 is 0 Å². The van der Waals surface area contributed by atoms with Gasteiger partial charge in [0.15, 0.2) is 17.5 Å². The van der Waals surface area contributed by atoms with Crippen LogP contribution < -0.4 is 38.5 Å². The fourth-order valence-electron chi connectivity index (χ4n) is 7.21. The van der Waals surface area contributed by atoms with Gasteiger partial charge in [-0.05, 0) is 56.1 Å². The van der Waals surface area contributed by atoms with Crippen LogP contribution in [0, 0.1) is 11.8 Å². The molecule has 15 nitrogen and oxygen atoms in total. The van der Waals surface area contributed by atoms with E-state index in [-0.39, 0.29) is 56.4 Å². The Labute approximate surface area is 333 Å². The Morgan fingerprint density at radius 2 is 1.37 bits per heavy atom. The SMILES string of the molecule is NC(=O)C1CCCCNC(=O)C(Cc2ccc(C(=O)c3ccccc3)cc2)NC(=O)C(CC2CCCCC2)NC(=O)C(CCCN=C(N)N)CC(=O)C=CC(=O)N1. The van der Waals surface area contributed by atoms with Gasteiger partial charge in [-0.2, -0.15) is 0 Å². The molecule has 4 atom stereocenters. The zero-order chi connectivity index (χ0) is 41.2. The van der Waals surface area contributed by atoms with E-state index in [1.165, 1.54) is 0 Å². The number of carbonyl (C=O) groups excluding carboxylic acids is 7. The van der Waals surface area contributed by atoms with Crippen molar-refractivity contribution in [1.82, 2.24) is 21.3 Å². The van der Waals surface area contributed by atoms with E-state index in [0.29, 0.717) is 42.4 Å². The van der Waals surface area contributed by atoms with E-state index in [1.807, 2.05) is 6.07 Å². The molecule has 1 aliphatic carbocycles. The Hall–Kier alpha value is -5.86. The second-order valence-corrected chi connectivity index (χ2v) is 14.9. The lowest BCUT2D eigenvalue weighted by molar-refractivity contribution is -0.134. The molecule has 1 saturated carbocycles. The largest absolute Gasteiger partial charge is 0.370 e. The summed E-state index contributed by atoms with van der Waals surface area (Å²) < 4.78 is 0. The number of ketones is 2. The molecule has 4 rings (SSSR count). The minimum Gasteiger partial charge on any atom is -0.370 e. The van der Waals surface area contributed by atoms with Crippen LogP contribution in [0.3, 0.4) is 0 Å². The Bertz CT molecular complexity index is 1770. The molecule has 0 spiro atoms. The summed E-state index contributed by atoms with van der Waals surface area (Å²) in [5, 5.41) is 11.2. The van der Waals surface area contributed by atoms with E-state index in [2.05, 4.69) is 26.3 Å². The molecule has 0 bridgehead atoms. The Morgan fingerprint density at radius 1 is 0.702 bits per heavy atom. The number of nitrogens with zero attached hydrogens (tertiary/aromatic N) is 1. The predicted molar refractivity (Wildman–Crippen MR) is 215 cm³/mol. The molecule has 5 amide bonds. The van der Waals surface area contributed by atoms with Gasteiger partial charge in [-0.1, -0.05) is 86.7 Å². The van der Waals surface area contributed by atoms with Gasteiger partial charge < -0.3 is 38.5 Å². The number of allylic oxidation sites excluding steroid dienone is 1. The molecule has 2 aliphatic rings.